The number of benzene rings is 1. The number of thioether (sulfide) groups is 1. The van der Waals surface area contributed by atoms with Crippen LogP contribution in [0.1, 0.15) is 17.2 Å². The predicted molar refractivity (Wildman–Crippen MR) is 82.4 cm³/mol. The molecule has 0 saturated carbocycles. The molecule has 0 aliphatic rings. The zero-order valence-electron chi connectivity index (χ0n) is 11.3. The molecule has 1 atom stereocenters. The molecule has 0 spiro atoms. The highest BCUT2D eigenvalue weighted by Gasteiger charge is 2.13. The van der Waals surface area contributed by atoms with Crippen molar-refractivity contribution in [3.05, 3.63) is 53.7 Å². The first-order valence-electron chi connectivity index (χ1n) is 6.28. The van der Waals surface area contributed by atoms with Gasteiger partial charge in [-0.2, -0.15) is 0 Å². The maximum atomic E-state index is 5.94. The van der Waals surface area contributed by atoms with Crippen molar-refractivity contribution in [1.29, 1.82) is 0 Å². The predicted octanol–water partition coefficient (Wildman–Crippen LogP) is 3.03. The standard InChI is InChI=1S/C15H19N3S/c1-11-6-3-4-8-14(11)19-10-13(17-2)12-7-5-9-18-15(12)16/h3-9,13,17H,10H2,1-2H3,(H2,16,18). The van der Waals surface area contributed by atoms with E-state index in [1.165, 1.54) is 10.5 Å². The molecule has 1 heterocycles. The third-order valence-electron chi connectivity index (χ3n) is 3.09. The van der Waals surface area contributed by atoms with E-state index in [-0.39, 0.29) is 6.04 Å². The number of nitrogens with two attached hydrogens (primary N) is 1. The van der Waals surface area contributed by atoms with Crippen molar-refractivity contribution in [3.8, 4) is 0 Å². The molecule has 3 nitrogen and oxygen atoms in total. The van der Waals surface area contributed by atoms with Crippen LogP contribution >= 0.6 is 11.8 Å². The lowest BCUT2D eigenvalue weighted by atomic mass is 10.1. The topological polar surface area (TPSA) is 50.9 Å². The zero-order chi connectivity index (χ0) is 13.7. The monoisotopic (exact) mass is 273 g/mol. The average Bonchev–Trinajstić information content (AvgIpc) is 2.43. The number of aryl methyl sites for hydroxylation is 1. The molecule has 0 aliphatic carbocycles. The summed E-state index contributed by atoms with van der Waals surface area (Å²) in [6.07, 6.45) is 1.72. The molecule has 1 unspecified atom stereocenters. The minimum Gasteiger partial charge on any atom is -0.383 e. The Labute approximate surface area is 118 Å². The van der Waals surface area contributed by atoms with Crippen molar-refractivity contribution in [3.63, 3.8) is 0 Å². The van der Waals surface area contributed by atoms with Crippen LogP contribution in [0, 0.1) is 6.92 Å². The quantitative estimate of drug-likeness (QED) is 0.822. The van der Waals surface area contributed by atoms with Crippen LogP contribution in [0.2, 0.25) is 0 Å². The lowest BCUT2D eigenvalue weighted by Gasteiger charge is -2.18. The van der Waals surface area contributed by atoms with Crippen molar-refractivity contribution in [1.82, 2.24) is 10.3 Å². The van der Waals surface area contributed by atoms with Crippen LogP contribution in [0.25, 0.3) is 0 Å². The van der Waals surface area contributed by atoms with Crippen LogP contribution in [0.5, 0.6) is 0 Å². The van der Waals surface area contributed by atoms with E-state index in [1.54, 1.807) is 6.20 Å². The third kappa shape index (κ3) is 3.49. The third-order valence-corrected chi connectivity index (χ3v) is 4.36. The summed E-state index contributed by atoms with van der Waals surface area (Å²) < 4.78 is 0. The molecule has 0 amide bonds. The molecule has 4 heteroatoms. The Balaban J connectivity index is 2.09. The van der Waals surface area contributed by atoms with E-state index in [4.69, 9.17) is 5.73 Å². The number of rotatable bonds is 5. The van der Waals surface area contributed by atoms with Gasteiger partial charge in [-0.3, -0.25) is 0 Å². The van der Waals surface area contributed by atoms with Gasteiger partial charge in [0, 0.05) is 28.5 Å². The molecule has 2 rings (SSSR count). The Kier molecular flexibility index (Phi) is 4.82. The SMILES string of the molecule is CNC(CSc1ccccc1C)c1cccnc1N. The highest BCUT2D eigenvalue weighted by atomic mass is 32.2. The summed E-state index contributed by atoms with van der Waals surface area (Å²) in [7, 11) is 1.95. The molecule has 1 aromatic heterocycles. The molecule has 100 valence electrons. The summed E-state index contributed by atoms with van der Waals surface area (Å²) in [4.78, 5) is 5.46. The average molecular weight is 273 g/mol. The van der Waals surface area contributed by atoms with Gasteiger partial charge in [0.15, 0.2) is 0 Å². The molecular weight excluding hydrogens is 254 g/mol. The molecule has 0 saturated heterocycles. The van der Waals surface area contributed by atoms with Crippen molar-refractivity contribution in [2.75, 3.05) is 18.5 Å². The minimum absolute atomic E-state index is 0.207. The summed E-state index contributed by atoms with van der Waals surface area (Å²) >= 11 is 1.84. The number of aromatic nitrogens is 1. The van der Waals surface area contributed by atoms with Crippen LogP contribution < -0.4 is 11.1 Å². The van der Waals surface area contributed by atoms with E-state index >= 15 is 0 Å². The van der Waals surface area contributed by atoms with Crippen molar-refractivity contribution in [2.45, 2.75) is 17.9 Å². The number of hydrogen-bond acceptors (Lipinski definition) is 4. The van der Waals surface area contributed by atoms with Gasteiger partial charge >= 0.3 is 0 Å². The first kappa shape index (κ1) is 13.9. The smallest absolute Gasteiger partial charge is 0.128 e. The van der Waals surface area contributed by atoms with E-state index in [2.05, 4.69) is 41.5 Å². The minimum atomic E-state index is 0.207. The Morgan fingerprint density at radius 1 is 1.26 bits per heavy atom. The molecule has 0 bridgehead atoms. The summed E-state index contributed by atoms with van der Waals surface area (Å²) in [6, 6.07) is 12.6. The van der Waals surface area contributed by atoms with E-state index in [1.807, 2.05) is 30.9 Å². The van der Waals surface area contributed by atoms with Gasteiger partial charge in [-0.25, -0.2) is 4.98 Å². The summed E-state index contributed by atoms with van der Waals surface area (Å²) in [5.41, 5.74) is 8.30. The van der Waals surface area contributed by atoms with Crippen molar-refractivity contribution >= 4 is 17.6 Å². The molecule has 0 fully saturated rings. The number of nitrogens with zero attached hydrogens (tertiary/aromatic N) is 1. The Morgan fingerprint density at radius 2 is 2.05 bits per heavy atom. The first-order valence-corrected chi connectivity index (χ1v) is 7.27. The van der Waals surface area contributed by atoms with Crippen LogP contribution in [0.15, 0.2) is 47.5 Å². The number of nitrogens with one attached hydrogen (secondary N) is 1. The highest BCUT2D eigenvalue weighted by Crippen LogP contribution is 2.28. The maximum Gasteiger partial charge on any atom is 0.128 e. The fourth-order valence-electron chi connectivity index (χ4n) is 1.94. The first-order chi connectivity index (χ1) is 9.22. The Morgan fingerprint density at radius 3 is 2.74 bits per heavy atom. The van der Waals surface area contributed by atoms with Crippen LogP contribution in [0.4, 0.5) is 5.82 Å². The molecule has 0 radical (unpaired) electrons. The lowest BCUT2D eigenvalue weighted by Crippen LogP contribution is -2.20. The number of pyridine rings is 1. The van der Waals surface area contributed by atoms with E-state index in [9.17, 15) is 0 Å². The van der Waals surface area contributed by atoms with Gasteiger partial charge in [0.1, 0.15) is 5.82 Å². The van der Waals surface area contributed by atoms with Gasteiger partial charge in [-0.05, 0) is 31.7 Å². The fraction of sp³-hybridized carbons (Fsp3) is 0.267. The normalized spacial score (nSPS) is 12.3. The summed E-state index contributed by atoms with van der Waals surface area (Å²) in [5.74, 6) is 1.53. The fourth-order valence-corrected chi connectivity index (χ4v) is 3.11. The van der Waals surface area contributed by atoms with E-state index in [0.717, 1.165) is 11.3 Å². The lowest BCUT2D eigenvalue weighted by molar-refractivity contribution is 0.661. The van der Waals surface area contributed by atoms with Gasteiger partial charge < -0.3 is 11.1 Å². The molecule has 1 aromatic carbocycles. The summed E-state index contributed by atoms with van der Waals surface area (Å²) in [5, 5.41) is 3.31. The maximum absolute atomic E-state index is 5.94. The van der Waals surface area contributed by atoms with Gasteiger partial charge in [-0.1, -0.05) is 24.3 Å². The highest BCUT2D eigenvalue weighted by molar-refractivity contribution is 7.99. The van der Waals surface area contributed by atoms with Crippen molar-refractivity contribution < 1.29 is 0 Å². The molecule has 2 aromatic rings. The molecular formula is C15H19N3S. The van der Waals surface area contributed by atoms with Gasteiger partial charge in [0.05, 0.1) is 0 Å². The summed E-state index contributed by atoms with van der Waals surface area (Å²) in [6.45, 7) is 2.13. The number of nitrogen functional groups attached to an aromatic ring is 1. The van der Waals surface area contributed by atoms with Gasteiger partial charge in [0.2, 0.25) is 0 Å². The Hall–Kier alpha value is -1.52. The van der Waals surface area contributed by atoms with Crippen molar-refractivity contribution in [2.24, 2.45) is 0 Å². The van der Waals surface area contributed by atoms with Crippen LogP contribution in [0.3, 0.4) is 0 Å². The van der Waals surface area contributed by atoms with E-state index < -0.39 is 0 Å². The van der Waals surface area contributed by atoms with Gasteiger partial charge in [0.25, 0.3) is 0 Å². The van der Waals surface area contributed by atoms with Crippen LogP contribution in [-0.4, -0.2) is 17.8 Å². The number of anilines is 1. The van der Waals surface area contributed by atoms with Crippen LogP contribution in [-0.2, 0) is 0 Å². The molecule has 0 aliphatic heterocycles. The number of hydrogen-bond donors (Lipinski definition) is 2. The molecule has 19 heavy (non-hydrogen) atoms. The second-order valence-corrected chi connectivity index (χ2v) is 5.46. The zero-order valence-corrected chi connectivity index (χ0v) is 12.1. The largest absolute Gasteiger partial charge is 0.383 e. The second kappa shape index (κ2) is 6.59. The Bertz CT molecular complexity index is 542. The van der Waals surface area contributed by atoms with E-state index in [0.29, 0.717) is 5.82 Å². The van der Waals surface area contributed by atoms with Gasteiger partial charge in [-0.15, -0.1) is 11.8 Å². The second-order valence-electron chi connectivity index (χ2n) is 4.40. The molecule has 3 N–H and O–H groups in total.